The van der Waals surface area contributed by atoms with Gasteiger partial charge in [-0.15, -0.1) is 11.3 Å². The number of rotatable bonds is 3. The molecular formula is C51H29ClN4S. The molecule has 57 heavy (non-hydrogen) atoms. The fourth-order valence-electron chi connectivity index (χ4n) is 10.1. The Kier molecular flexibility index (Phi) is 6.21. The highest BCUT2D eigenvalue weighted by molar-refractivity contribution is 7.25. The van der Waals surface area contributed by atoms with Crippen molar-refractivity contribution in [3.05, 3.63) is 180 Å². The average Bonchev–Trinajstić information content (AvgIpc) is 3.86. The molecule has 0 bridgehead atoms. The molecule has 0 saturated heterocycles. The van der Waals surface area contributed by atoms with Gasteiger partial charge in [0.05, 0.1) is 16.7 Å². The van der Waals surface area contributed by atoms with Gasteiger partial charge in [-0.2, -0.15) is 9.97 Å². The van der Waals surface area contributed by atoms with Crippen molar-refractivity contribution in [2.75, 3.05) is 0 Å². The van der Waals surface area contributed by atoms with Gasteiger partial charge >= 0.3 is 0 Å². The van der Waals surface area contributed by atoms with Gasteiger partial charge in [-0.05, 0) is 93.5 Å². The Balaban J connectivity index is 1.19. The van der Waals surface area contributed by atoms with E-state index in [1.807, 2.05) is 0 Å². The predicted molar refractivity (Wildman–Crippen MR) is 237 cm³/mol. The van der Waals surface area contributed by atoms with E-state index >= 15 is 0 Å². The number of halogens is 1. The molecule has 0 saturated carbocycles. The van der Waals surface area contributed by atoms with Crippen LogP contribution in [0.2, 0.25) is 5.28 Å². The number of aromatic nitrogens is 4. The van der Waals surface area contributed by atoms with Crippen molar-refractivity contribution in [1.82, 2.24) is 19.5 Å². The maximum Gasteiger partial charge on any atom is 0.226 e. The van der Waals surface area contributed by atoms with E-state index in [1.165, 1.54) is 64.5 Å². The fourth-order valence-corrected chi connectivity index (χ4v) is 11.4. The molecule has 4 heterocycles. The lowest BCUT2D eigenvalue weighted by Crippen LogP contribution is -2.22. The highest BCUT2D eigenvalue weighted by atomic mass is 35.5. The van der Waals surface area contributed by atoms with Crippen LogP contribution in [-0.4, -0.2) is 19.5 Å². The maximum atomic E-state index is 7.00. The predicted octanol–water partition coefficient (Wildman–Crippen LogP) is 13.8. The van der Waals surface area contributed by atoms with E-state index in [0.29, 0.717) is 11.6 Å². The zero-order valence-electron chi connectivity index (χ0n) is 30.6. The maximum absolute atomic E-state index is 7.00. The molecule has 1 aliphatic carbocycles. The largest absolute Gasteiger partial charge is 0.308 e. The van der Waals surface area contributed by atoms with Crippen LogP contribution in [0.5, 0.6) is 0 Å². The minimum Gasteiger partial charge on any atom is -0.308 e. The Hall–Kier alpha value is -6.66. The van der Waals surface area contributed by atoms with E-state index in [4.69, 9.17) is 26.6 Å². The lowest BCUT2D eigenvalue weighted by atomic mass is 9.73. The van der Waals surface area contributed by atoms with E-state index in [1.54, 1.807) is 11.3 Å². The fraction of sp³-hybridized carbons (Fsp3) is 0.0392. The molecule has 0 N–H and O–H groups in total. The first-order chi connectivity index (χ1) is 28.1. The third-order valence-corrected chi connectivity index (χ3v) is 13.9. The molecule has 2 aliphatic rings. The lowest BCUT2D eigenvalue weighted by Gasteiger charge is -2.30. The highest BCUT2D eigenvalue weighted by Gasteiger charge is 2.46. The summed E-state index contributed by atoms with van der Waals surface area (Å²) in [6, 6.07) is 57.3. The second kappa shape index (κ2) is 11.2. The van der Waals surface area contributed by atoms with Crippen molar-refractivity contribution >= 4 is 75.7 Å². The number of para-hydroxylation sites is 2. The van der Waals surface area contributed by atoms with Gasteiger partial charge < -0.3 is 4.57 Å². The molecule has 0 fully saturated rings. The highest BCUT2D eigenvalue weighted by Crippen LogP contribution is 2.61. The molecular weight excluding hydrogens is 736 g/mol. The number of thiophene rings is 1. The number of fused-ring (bicyclic) bond motifs is 10. The molecule has 1 aliphatic heterocycles. The van der Waals surface area contributed by atoms with E-state index in [0.717, 1.165) is 44.0 Å². The number of hydrogen-bond donors (Lipinski definition) is 0. The Morgan fingerprint density at radius 1 is 0.526 bits per heavy atom. The molecule has 11 aromatic rings. The molecule has 0 spiro atoms. The van der Waals surface area contributed by atoms with Crippen LogP contribution >= 0.6 is 22.9 Å². The quantitative estimate of drug-likeness (QED) is 0.180. The first-order valence-electron chi connectivity index (χ1n) is 19.2. The van der Waals surface area contributed by atoms with E-state index in [2.05, 4.69) is 169 Å². The molecule has 4 nitrogen and oxygen atoms in total. The van der Waals surface area contributed by atoms with Crippen LogP contribution in [0.15, 0.2) is 158 Å². The number of nitrogens with zero attached hydrogens (tertiary/aromatic N) is 4. The van der Waals surface area contributed by atoms with Gasteiger partial charge in [-0.1, -0.05) is 121 Å². The van der Waals surface area contributed by atoms with Gasteiger partial charge in [-0.3, -0.25) is 0 Å². The number of benzene rings is 8. The van der Waals surface area contributed by atoms with Crippen LogP contribution < -0.4 is 0 Å². The summed E-state index contributed by atoms with van der Waals surface area (Å²) in [7, 11) is 0. The van der Waals surface area contributed by atoms with Gasteiger partial charge in [0.2, 0.25) is 5.28 Å². The smallest absolute Gasteiger partial charge is 0.226 e. The zero-order chi connectivity index (χ0) is 37.6. The van der Waals surface area contributed by atoms with Crippen LogP contribution in [0.1, 0.15) is 23.6 Å². The first-order valence-corrected chi connectivity index (χ1v) is 20.4. The SMILES string of the molecule is CC1(c2ccc3ccccc3c2)c2cccc3c2-c2c1cc(-c1nc(Cl)nc(-c4cccc5sc6ccccc6c45)n1)c1c4ccccc4n(c21)-c1ccccc1-3. The van der Waals surface area contributed by atoms with E-state index in [9.17, 15) is 0 Å². The summed E-state index contributed by atoms with van der Waals surface area (Å²) in [5.74, 6) is 1.12. The van der Waals surface area contributed by atoms with Crippen molar-refractivity contribution in [2.45, 2.75) is 12.3 Å². The summed E-state index contributed by atoms with van der Waals surface area (Å²) < 4.78 is 4.90. The van der Waals surface area contributed by atoms with Gasteiger partial charge in [-0.25, -0.2) is 4.98 Å². The molecule has 0 radical (unpaired) electrons. The Morgan fingerprint density at radius 3 is 2.14 bits per heavy atom. The molecule has 6 heteroatoms. The molecule has 266 valence electrons. The standard InChI is InChI=1S/C51H29ClN4S/c1-51(30-25-24-28-12-2-3-13-29(28)26-30)37-19-10-17-32-31-14-4-7-20-39(31)56-40-21-8-5-15-33(40)44-36(27-38(51)46(45(32)37)47(44)56)49-53-48(54-50(52)55-49)35-18-11-23-42-43(35)34-16-6-9-22-41(34)57-42/h2-27H,1H3. The van der Waals surface area contributed by atoms with Crippen LogP contribution in [-0.2, 0) is 5.41 Å². The zero-order valence-corrected chi connectivity index (χ0v) is 32.2. The third kappa shape index (κ3) is 4.09. The van der Waals surface area contributed by atoms with Crippen molar-refractivity contribution in [3.8, 4) is 50.7 Å². The Morgan fingerprint density at radius 2 is 1.23 bits per heavy atom. The second-order valence-electron chi connectivity index (χ2n) is 15.4. The normalized spacial score (nSPS) is 15.3. The minimum absolute atomic E-state index is 0.168. The van der Waals surface area contributed by atoms with Crippen molar-refractivity contribution in [1.29, 1.82) is 0 Å². The summed E-state index contributed by atoms with van der Waals surface area (Å²) >= 11 is 8.79. The van der Waals surface area contributed by atoms with Crippen LogP contribution in [0, 0.1) is 0 Å². The summed E-state index contributed by atoms with van der Waals surface area (Å²) in [5.41, 5.74) is 13.6. The van der Waals surface area contributed by atoms with Crippen LogP contribution in [0.4, 0.5) is 0 Å². The van der Waals surface area contributed by atoms with Crippen molar-refractivity contribution in [3.63, 3.8) is 0 Å². The van der Waals surface area contributed by atoms with Crippen LogP contribution in [0.3, 0.4) is 0 Å². The first kappa shape index (κ1) is 31.5. The molecule has 1 unspecified atom stereocenters. The Labute approximate surface area is 336 Å². The molecule has 0 amide bonds. The topological polar surface area (TPSA) is 43.6 Å². The Bertz CT molecular complexity index is 3580. The summed E-state index contributed by atoms with van der Waals surface area (Å²) in [6.45, 7) is 2.40. The average molecular weight is 765 g/mol. The van der Waals surface area contributed by atoms with Crippen LogP contribution in [0.25, 0.3) is 103 Å². The monoisotopic (exact) mass is 764 g/mol. The third-order valence-electron chi connectivity index (χ3n) is 12.6. The second-order valence-corrected chi connectivity index (χ2v) is 16.8. The van der Waals surface area contributed by atoms with E-state index in [-0.39, 0.29) is 5.28 Å². The van der Waals surface area contributed by atoms with Crippen molar-refractivity contribution in [2.24, 2.45) is 0 Å². The van der Waals surface area contributed by atoms with Gasteiger partial charge in [0.25, 0.3) is 0 Å². The molecule has 1 atom stereocenters. The summed E-state index contributed by atoms with van der Waals surface area (Å²) in [5, 5.41) is 7.19. The molecule has 3 aromatic heterocycles. The van der Waals surface area contributed by atoms with E-state index < -0.39 is 5.41 Å². The minimum atomic E-state index is -0.498. The molecule has 8 aromatic carbocycles. The van der Waals surface area contributed by atoms with Gasteiger partial charge in [0.1, 0.15) is 0 Å². The summed E-state index contributed by atoms with van der Waals surface area (Å²) in [4.78, 5) is 15.2. The lowest BCUT2D eigenvalue weighted by molar-refractivity contribution is 0.715. The van der Waals surface area contributed by atoms with Gasteiger partial charge in [0, 0.05) is 58.6 Å². The van der Waals surface area contributed by atoms with Gasteiger partial charge in [0.15, 0.2) is 11.6 Å². The summed E-state index contributed by atoms with van der Waals surface area (Å²) in [6.07, 6.45) is 0. The molecule has 13 rings (SSSR count). The number of hydrogen-bond acceptors (Lipinski definition) is 4. The van der Waals surface area contributed by atoms with Crippen molar-refractivity contribution < 1.29 is 0 Å².